The van der Waals surface area contributed by atoms with Crippen LogP contribution in [0.2, 0.25) is 0 Å². The number of imidazole rings is 1. The van der Waals surface area contributed by atoms with Crippen molar-refractivity contribution in [3.05, 3.63) is 36.3 Å². The minimum Gasteiger partial charge on any atom is -0.350 e. The molecule has 6 heteroatoms. The first kappa shape index (κ1) is 14.6. The second kappa shape index (κ2) is 6.17. The van der Waals surface area contributed by atoms with Crippen molar-refractivity contribution < 1.29 is 9.59 Å². The molecule has 116 valence electrons. The van der Waals surface area contributed by atoms with Crippen LogP contribution in [0.25, 0.3) is 5.65 Å². The Hall–Kier alpha value is -2.37. The second-order valence-corrected chi connectivity index (χ2v) is 5.72. The molecule has 0 radical (unpaired) electrons. The van der Waals surface area contributed by atoms with E-state index in [4.69, 9.17) is 0 Å². The highest BCUT2D eigenvalue weighted by Crippen LogP contribution is 2.17. The van der Waals surface area contributed by atoms with Gasteiger partial charge in [-0.05, 0) is 25.0 Å². The normalized spacial score (nSPS) is 18.4. The van der Waals surface area contributed by atoms with Gasteiger partial charge in [-0.15, -0.1) is 0 Å². The Morgan fingerprint density at radius 1 is 1.41 bits per heavy atom. The summed E-state index contributed by atoms with van der Waals surface area (Å²) in [6, 6.07) is 5.80. The highest BCUT2D eigenvalue weighted by Gasteiger charge is 2.26. The fourth-order valence-corrected chi connectivity index (χ4v) is 2.87. The lowest BCUT2D eigenvalue weighted by Gasteiger charge is -2.31. The van der Waals surface area contributed by atoms with E-state index in [9.17, 15) is 9.59 Å². The number of nitrogens with zero attached hydrogens (tertiary/aromatic N) is 3. The van der Waals surface area contributed by atoms with E-state index in [0.717, 1.165) is 30.7 Å². The Morgan fingerprint density at radius 3 is 3.05 bits per heavy atom. The van der Waals surface area contributed by atoms with Gasteiger partial charge in [0.2, 0.25) is 11.8 Å². The number of fused-ring (bicyclic) bond motifs is 1. The third-order valence-electron chi connectivity index (χ3n) is 4.10. The smallest absolute Gasteiger partial charge is 0.225 e. The van der Waals surface area contributed by atoms with Gasteiger partial charge in [0.05, 0.1) is 18.2 Å². The number of carbonyl (C=O) groups excluding carboxylic acids is 2. The molecule has 0 aliphatic carbocycles. The zero-order valence-electron chi connectivity index (χ0n) is 12.7. The molecule has 0 bridgehead atoms. The monoisotopic (exact) mass is 300 g/mol. The van der Waals surface area contributed by atoms with Gasteiger partial charge in [0.15, 0.2) is 0 Å². The largest absolute Gasteiger partial charge is 0.350 e. The molecule has 3 rings (SSSR count). The van der Waals surface area contributed by atoms with E-state index in [1.807, 2.05) is 35.0 Å². The van der Waals surface area contributed by atoms with E-state index in [1.54, 1.807) is 11.8 Å². The number of aromatic nitrogens is 2. The molecule has 22 heavy (non-hydrogen) atoms. The molecule has 0 aromatic carbocycles. The number of carbonyl (C=O) groups is 2. The van der Waals surface area contributed by atoms with Crippen LogP contribution in [0.3, 0.4) is 0 Å². The van der Waals surface area contributed by atoms with E-state index in [-0.39, 0.29) is 17.7 Å². The molecule has 6 nitrogen and oxygen atoms in total. The highest BCUT2D eigenvalue weighted by atomic mass is 16.2. The highest BCUT2D eigenvalue weighted by molar-refractivity contribution is 5.80. The third-order valence-corrected chi connectivity index (χ3v) is 4.10. The molecule has 1 aliphatic heterocycles. The first-order chi connectivity index (χ1) is 10.6. The quantitative estimate of drug-likeness (QED) is 0.926. The number of piperidine rings is 1. The lowest BCUT2D eigenvalue weighted by atomic mass is 9.97. The van der Waals surface area contributed by atoms with Crippen LogP contribution < -0.4 is 5.32 Å². The zero-order chi connectivity index (χ0) is 15.5. The number of nitrogens with one attached hydrogen (secondary N) is 1. The van der Waals surface area contributed by atoms with Crippen LogP contribution >= 0.6 is 0 Å². The van der Waals surface area contributed by atoms with Gasteiger partial charge in [0.25, 0.3) is 0 Å². The van der Waals surface area contributed by atoms with Gasteiger partial charge in [-0.1, -0.05) is 6.07 Å². The van der Waals surface area contributed by atoms with Crippen LogP contribution in [0, 0.1) is 5.92 Å². The number of likely N-dealkylation sites (tertiary alicyclic amines) is 1. The molecule has 0 saturated carbocycles. The van der Waals surface area contributed by atoms with Crippen molar-refractivity contribution in [3.63, 3.8) is 0 Å². The zero-order valence-corrected chi connectivity index (χ0v) is 12.7. The molecule has 1 saturated heterocycles. The van der Waals surface area contributed by atoms with Crippen molar-refractivity contribution in [1.29, 1.82) is 0 Å². The predicted molar refractivity (Wildman–Crippen MR) is 82.0 cm³/mol. The summed E-state index contributed by atoms with van der Waals surface area (Å²) in [6.07, 6.45) is 5.56. The molecule has 2 aromatic rings. The van der Waals surface area contributed by atoms with Crippen LogP contribution in [0.5, 0.6) is 0 Å². The Balaban J connectivity index is 1.58. The maximum absolute atomic E-state index is 12.3. The number of amides is 2. The van der Waals surface area contributed by atoms with Crippen molar-refractivity contribution in [3.8, 4) is 0 Å². The van der Waals surface area contributed by atoms with Crippen molar-refractivity contribution in [1.82, 2.24) is 19.6 Å². The van der Waals surface area contributed by atoms with Crippen LogP contribution in [0.4, 0.5) is 0 Å². The number of rotatable bonds is 3. The Morgan fingerprint density at radius 2 is 2.27 bits per heavy atom. The van der Waals surface area contributed by atoms with Crippen molar-refractivity contribution in [2.24, 2.45) is 5.92 Å². The van der Waals surface area contributed by atoms with Gasteiger partial charge in [-0.3, -0.25) is 9.59 Å². The number of pyridine rings is 1. The predicted octanol–water partition coefficient (Wildman–Crippen LogP) is 1.21. The summed E-state index contributed by atoms with van der Waals surface area (Å²) in [5.74, 6) is -0.0736. The molecule has 2 amide bonds. The summed E-state index contributed by atoms with van der Waals surface area (Å²) in [5, 5.41) is 2.94. The Bertz CT molecular complexity index is 661. The van der Waals surface area contributed by atoms with E-state index < -0.39 is 0 Å². The van der Waals surface area contributed by atoms with Gasteiger partial charge in [-0.2, -0.15) is 0 Å². The summed E-state index contributed by atoms with van der Waals surface area (Å²) in [6.45, 7) is 3.24. The molecular formula is C16H20N4O2. The maximum atomic E-state index is 12.3. The molecule has 1 N–H and O–H groups in total. The van der Waals surface area contributed by atoms with E-state index >= 15 is 0 Å². The fourth-order valence-electron chi connectivity index (χ4n) is 2.87. The Kier molecular flexibility index (Phi) is 4.09. The van der Waals surface area contributed by atoms with Gasteiger partial charge in [0.1, 0.15) is 5.65 Å². The van der Waals surface area contributed by atoms with Crippen LogP contribution in [0.1, 0.15) is 25.5 Å². The SMILES string of the molecule is CC(=O)N1CCC[C@@H](C(=O)NCc2cn3ccccc3n2)C1. The van der Waals surface area contributed by atoms with E-state index in [2.05, 4.69) is 10.3 Å². The average Bonchev–Trinajstić information content (AvgIpc) is 2.95. The summed E-state index contributed by atoms with van der Waals surface area (Å²) < 4.78 is 1.93. The van der Waals surface area contributed by atoms with Crippen LogP contribution in [-0.4, -0.2) is 39.2 Å². The molecule has 3 heterocycles. The van der Waals surface area contributed by atoms with Gasteiger partial charge < -0.3 is 14.6 Å². The summed E-state index contributed by atoms with van der Waals surface area (Å²) in [4.78, 5) is 29.9. The van der Waals surface area contributed by atoms with Crippen molar-refractivity contribution >= 4 is 17.5 Å². The molecular weight excluding hydrogens is 280 g/mol. The number of hydrogen-bond acceptors (Lipinski definition) is 3. The summed E-state index contributed by atoms with van der Waals surface area (Å²) >= 11 is 0. The first-order valence-corrected chi connectivity index (χ1v) is 7.59. The first-order valence-electron chi connectivity index (χ1n) is 7.59. The van der Waals surface area contributed by atoms with Crippen LogP contribution in [0.15, 0.2) is 30.6 Å². The van der Waals surface area contributed by atoms with Gasteiger partial charge in [0, 0.05) is 32.4 Å². The molecule has 0 unspecified atom stereocenters. The maximum Gasteiger partial charge on any atom is 0.225 e. The molecule has 0 spiro atoms. The number of hydrogen-bond donors (Lipinski definition) is 1. The van der Waals surface area contributed by atoms with Gasteiger partial charge >= 0.3 is 0 Å². The fraction of sp³-hybridized carbons (Fsp3) is 0.438. The van der Waals surface area contributed by atoms with Crippen molar-refractivity contribution in [2.75, 3.05) is 13.1 Å². The van der Waals surface area contributed by atoms with Crippen LogP contribution in [-0.2, 0) is 16.1 Å². The average molecular weight is 300 g/mol. The lowest BCUT2D eigenvalue weighted by molar-refractivity contribution is -0.134. The summed E-state index contributed by atoms with van der Waals surface area (Å²) in [7, 11) is 0. The Labute approximate surface area is 129 Å². The minimum atomic E-state index is -0.116. The minimum absolute atomic E-state index is 0.00278. The van der Waals surface area contributed by atoms with E-state index in [1.165, 1.54) is 0 Å². The lowest BCUT2D eigenvalue weighted by Crippen LogP contribution is -2.44. The summed E-state index contributed by atoms with van der Waals surface area (Å²) in [5.41, 5.74) is 1.70. The molecule has 1 fully saturated rings. The van der Waals surface area contributed by atoms with Crippen molar-refractivity contribution in [2.45, 2.75) is 26.3 Å². The third kappa shape index (κ3) is 3.10. The second-order valence-electron chi connectivity index (χ2n) is 5.72. The van der Waals surface area contributed by atoms with E-state index in [0.29, 0.717) is 13.1 Å². The topological polar surface area (TPSA) is 66.7 Å². The molecule has 2 aromatic heterocycles. The molecule has 1 aliphatic rings. The standard InChI is InChI=1S/C16H20N4O2/c1-12(21)19-8-4-5-13(10-19)16(22)17-9-14-11-20-7-3-2-6-15(20)18-14/h2-3,6-7,11,13H,4-5,8-10H2,1H3,(H,17,22)/t13-/m1/s1. The van der Waals surface area contributed by atoms with Gasteiger partial charge in [-0.25, -0.2) is 4.98 Å². The molecule has 1 atom stereocenters.